The fraction of sp³-hybridized carbons (Fsp3) is 0.588. The Morgan fingerprint density at radius 2 is 1.89 bits per heavy atom. The standard InChI is InChI=1S/C17H24O2/c1-2-4-13-5-3-6-14(8-7-13)15-9-11-16(12-10-15)17(18)19/h9-14H,2-8H2,1H3,(H,18,19). The Kier molecular flexibility index (Phi) is 5.00. The summed E-state index contributed by atoms with van der Waals surface area (Å²) < 4.78 is 0. The van der Waals surface area contributed by atoms with Crippen LogP contribution in [0.3, 0.4) is 0 Å². The van der Waals surface area contributed by atoms with Crippen molar-refractivity contribution in [3.05, 3.63) is 35.4 Å². The molecule has 0 amide bonds. The summed E-state index contributed by atoms with van der Waals surface area (Å²) in [6, 6.07) is 7.50. The Labute approximate surface area is 115 Å². The van der Waals surface area contributed by atoms with Crippen LogP contribution in [0.25, 0.3) is 0 Å². The normalized spacial score (nSPS) is 23.8. The van der Waals surface area contributed by atoms with E-state index in [1.165, 1.54) is 50.5 Å². The number of hydrogen-bond donors (Lipinski definition) is 1. The van der Waals surface area contributed by atoms with Gasteiger partial charge in [0.1, 0.15) is 0 Å². The van der Waals surface area contributed by atoms with E-state index in [0.29, 0.717) is 11.5 Å². The van der Waals surface area contributed by atoms with E-state index in [0.717, 1.165) is 5.92 Å². The predicted molar refractivity (Wildman–Crippen MR) is 77.6 cm³/mol. The summed E-state index contributed by atoms with van der Waals surface area (Å²) in [5, 5.41) is 8.92. The molecule has 2 heteroatoms. The molecule has 104 valence electrons. The van der Waals surface area contributed by atoms with Crippen molar-refractivity contribution in [1.82, 2.24) is 0 Å². The van der Waals surface area contributed by atoms with Crippen LogP contribution < -0.4 is 0 Å². The SMILES string of the molecule is CCCC1CCCC(c2ccc(C(=O)O)cc2)CC1. The number of aromatic carboxylic acids is 1. The van der Waals surface area contributed by atoms with Gasteiger partial charge < -0.3 is 5.11 Å². The summed E-state index contributed by atoms with van der Waals surface area (Å²) in [6.45, 7) is 2.27. The van der Waals surface area contributed by atoms with Crippen molar-refractivity contribution in [1.29, 1.82) is 0 Å². The molecular weight excluding hydrogens is 236 g/mol. The average Bonchev–Trinajstić information content (AvgIpc) is 2.65. The highest BCUT2D eigenvalue weighted by Crippen LogP contribution is 2.35. The number of hydrogen-bond acceptors (Lipinski definition) is 1. The zero-order valence-corrected chi connectivity index (χ0v) is 11.8. The van der Waals surface area contributed by atoms with Gasteiger partial charge in [-0.25, -0.2) is 4.79 Å². The molecule has 0 aliphatic heterocycles. The quantitative estimate of drug-likeness (QED) is 0.786. The molecule has 2 rings (SSSR count). The molecular formula is C17H24O2. The molecule has 1 aliphatic carbocycles. The number of benzene rings is 1. The Bertz CT molecular complexity index is 408. The van der Waals surface area contributed by atoms with Crippen LogP contribution in [0.2, 0.25) is 0 Å². The largest absolute Gasteiger partial charge is 0.478 e. The fourth-order valence-corrected chi connectivity index (χ4v) is 3.31. The zero-order chi connectivity index (χ0) is 13.7. The molecule has 1 fully saturated rings. The van der Waals surface area contributed by atoms with Crippen molar-refractivity contribution >= 4 is 5.97 Å². The average molecular weight is 260 g/mol. The van der Waals surface area contributed by atoms with Gasteiger partial charge in [0.25, 0.3) is 0 Å². The van der Waals surface area contributed by atoms with Gasteiger partial charge in [-0.1, -0.05) is 44.7 Å². The molecule has 1 aromatic carbocycles. The van der Waals surface area contributed by atoms with Gasteiger partial charge in [-0.15, -0.1) is 0 Å². The maximum absolute atomic E-state index is 10.9. The lowest BCUT2D eigenvalue weighted by Crippen LogP contribution is -2.01. The summed E-state index contributed by atoms with van der Waals surface area (Å²) >= 11 is 0. The van der Waals surface area contributed by atoms with Crippen molar-refractivity contribution in [2.45, 2.75) is 57.8 Å². The molecule has 2 unspecified atom stereocenters. The minimum atomic E-state index is -0.838. The first-order valence-electron chi connectivity index (χ1n) is 7.54. The van der Waals surface area contributed by atoms with Crippen molar-refractivity contribution in [3.8, 4) is 0 Å². The van der Waals surface area contributed by atoms with E-state index in [1.807, 2.05) is 12.1 Å². The first kappa shape index (κ1) is 14.1. The molecule has 2 nitrogen and oxygen atoms in total. The lowest BCUT2D eigenvalue weighted by molar-refractivity contribution is 0.0697. The van der Waals surface area contributed by atoms with Crippen LogP contribution in [-0.4, -0.2) is 11.1 Å². The van der Waals surface area contributed by atoms with Crippen LogP contribution in [0.1, 0.15) is 73.7 Å². The molecule has 1 aliphatic rings. The molecule has 0 saturated heterocycles. The van der Waals surface area contributed by atoms with Crippen LogP contribution in [0.4, 0.5) is 0 Å². The van der Waals surface area contributed by atoms with Gasteiger partial charge in [-0.2, -0.15) is 0 Å². The fourth-order valence-electron chi connectivity index (χ4n) is 3.31. The maximum Gasteiger partial charge on any atom is 0.335 e. The van der Waals surface area contributed by atoms with Gasteiger partial charge >= 0.3 is 5.97 Å². The molecule has 2 atom stereocenters. The number of carboxylic acid groups (broad SMARTS) is 1. The van der Waals surface area contributed by atoms with Crippen molar-refractivity contribution in [2.75, 3.05) is 0 Å². The maximum atomic E-state index is 10.9. The van der Waals surface area contributed by atoms with E-state index in [2.05, 4.69) is 6.92 Å². The number of rotatable bonds is 4. The van der Waals surface area contributed by atoms with E-state index in [1.54, 1.807) is 12.1 Å². The lowest BCUT2D eigenvalue weighted by atomic mass is 9.90. The summed E-state index contributed by atoms with van der Waals surface area (Å²) in [5.41, 5.74) is 1.71. The van der Waals surface area contributed by atoms with Gasteiger partial charge in [-0.05, 0) is 48.8 Å². The third-order valence-electron chi connectivity index (χ3n) is 4.41. The number of carboxylic acids is 1. The van der Waals surface area contributed by atoms with Crippen molar-refractivity contribution in [2.24, 2.45) is 5.92 Å². The molecule has 1 aromatic rings. The summed E-state index contributed by atoms with van der Waals surface area (Å²) in [6.07, 6.45) is 9.20. The summed E-state index contributed by atoms with van der Waals surface area (Å²) in [4.78, 5) is 10.9. The molecule has 0 radical (unpaired) electrons. The van der Waals surface area contributed by atoms with Gasteiger partial charge in [0.2, 0.25) is 0 Å². The van der Waals surface area contributed by atoms with E-state index < -0.39 is 5.97 Å². The van der Waals surface area contributed by atoms with E-state index in [4.69, 9.17) is 5.11 Å². The first-order valence-corrected chi connectivity index (χ1v) is 7.54. The topological polar surface area (TPSA) is 37.3 Å². The molecule has 0 bridgehead atoms. The third kappa shape index (κ3) is 3.82. The molecule has 0 aromatic heterocycles. The van der Waals surface area contributed by atoms with Gasteiger partial charge in [0, 0.05) is 0 Å². The van der Waals surface area contributed by atoms with Crippen LogP contribution >= 0.6 is 0 Å². The zero-order valence-electron chi connectivity index (χ0n) is 11.8. The van der Waals surface area contributed by atoms with E-state index in [9.17, 15) is 4.79 Å². The summed E-state index contributed by atoms with van der Waals surface area (Å²) in [5.74, 6) is 0.702. The molecule has 1 N–H and O–H groups in total. The van der Waals surface area contributed by atoms with Gasteiger partial charge in [0.05, 0.1) is 5.56 Å². The Morgan fingerprint density at radius 1 is 1.16 bits per heavy atom. The highest BCUT2D eigenvalue weighted by molar-refractivity contribution is 5.87. The molecule has 19 heavy (non-hydrogen) atoms. The highest BCUT2D eigenvalue weighted by Gasteiger charge is 2.19. The molecule has 1 saturated carbocycles. The highest BCUT2D eigenvalue weighted by atomic mass is 16.4. The second kappa shape index (κ2) is 6.74. The summed E-state index contributed by atoms with van der Waals surface area (Å²) in [7, 11) is 0. The Hall–Kier alpha value is -1.31. The van der Waals surface area contributed by atoms with Gasteiger partial charge in [0.15, 0.2) is 0 Å². The van der Waals surface area contributed by atoms with Crippen LogP contribution in [0, 0.1) is 5.92 Å². The number of carbonyl (C=O) groups is 1. The van der Waals surface area contributed by atoms with E-state index in [-0.39, 0.29) is 0 Å². The lowest BCUT2D eigenvalue weighted by Gasteiger charge is -2.15. The first-order chi connectivity index (χ1) is 9.20. The van der Waals surface area contributed by atoms with Crippen molar-refractivity contribution < 1.29 is 9.90 Å². The molecule has 0 spiro atoms. The van der Waals surface area contributed by atoms with Gasteiger partial charge in [-0.3, -0.25) is 0 Å². The minimum Gasteiger partial charge on any atom is -0.478 e. The Balaban J connectivity index is 1.99. The smallest absolute Gasteiger partial charge is 0.335 e. The Morgan fingerprint density at radius 3 is 2.53 bits per heavy atom. The monoisotopic (exact) mass is 260 g/mol. The van der Waals surface area contributed by atoms with Crippen LogP contribution in [-0.2, 0) is 0 Å². The third-order valence-corrected chi connectivity index (χ3v) is 4.41. The predicted octanol–water partition coefficient (Wildman–Crippen LogP) is 4.85. The van der Waals surface area contributed by atoms with Crippen molar-refractivity contribution in [3.63, 3.8) is 0 Å². The van der Waals surface area contributed by atoms with E-state index >= 15 is 0 Å². The second-order valence-electron chi connectivity index (χ2n) is 5.79. The van der Waals surface area contributed by atoms with Crippen LogP contribution in [0.15, 0.2) is 24.3 Å². The molecule has 0 heterocycles. The second-order valence-corrected chi connectivity index (χ2v) is 5.79. The van der Waals surface area contributed by atoms with Crippen LogP contribution in [0.5, 0.6) is 0 Å². The minimum absolute atomic E-state index is 0.390.